The highest BCUT2D eigenvalue weighted by Gasteiger charge is 2.03. The Morgan fingerprint density at radius 3 is 1.12 bits per heavy atom. The summed E-state index contributed by atoms with van der Waals surface area (Å²) in [6.45, 7) is 0. The first-order chi connectivity index (χ1) is 16.7. The molecule has 0 N–H and O–H groups in total. The SMILES string of the molecule is O=Cc1ccnc(-c2cc(/C=C/C=C/C=C/c3ccnc(-c4cc(C=O)ccn4)c3)ccn2)c1. The minimum absolute atomic E-state index is 0.564. The maximum atomic E-state index is 11.0. The highest BCUT2D eigenvalue weighted by molar-refractivity contribution is 5.78. The number of hydrogen-bond donors (Lipinski definition) is 0. The summed E-state index contributed by atoms with van der Waals surface area (Å²) in [4.78, 5) is 39.3. The van der Waals surface area contributed by atoms with Gasteiger partial charge in [0.2, 0.25) is 0 Å². The van der Waals surface area contributed by atoms with Crippen LogP contribution in [0, 0.1) is 0 Å². The van der Waals surface area contributed by atoms with E-state index in [-0.39, 0.29) is 0 Å². The summed E-state index contributed by atoms with van der Waals surface area (Å²) in [6, 6.07) is 14.4. The van der Waals surface area contributed by atoms with E-state index in [0.29, 0.717) is 33.9 Å². The first-order valence-corrected chi connectivity index (χ1v) is 10.5. The topological polar surface area (TPSA) is 85.7 Å². The predicted octanol–water partition coefficient (Wildman–Crippen LogP) is 5.51. The van der Waals surface area contributed by atoms with Gasteiger partial charge in [-0.05, 0) is 59.7 Å². The fraction of sp³-hybridized carbons (Fsp3) is 0. The number of nitrogens with zero attached hydrogens (tertiary/aromatic N) is 4. The molecule has 0 saturated carbocycles. The van der Waals surface area contributed by atoms with Gasteiger partial charge in [-0.15, -0.1) is 0 Å². The van der Waals surface area contributed by atoms with E-state index in [4.69, 9.17) is 0 Å². The Bertz CT molecular complexity index is 1300. The van der Waals surface area contributed by atoms with Crippen LogP contribution in [0.25, 0.3) is 34.9 Å². The van der Waals surface area contributed by atoms with Crippen LogP contribution < -0.4 is 0 Å². The number of allylic oxidation sites excluding steroid dienone is 4. The number of aromatic nitrogens is 4. The third kappa shape index (κ3) is 5.89. The van der Waals surface area contributed by atoms with Crippen LogP contribution in [-0.2, 0) is 0 Å². The van der Waals surface area contributed by atoms with Crippen LogP contribution in [0.5, 0.6) is 0 Å². The molecule has 4 rings (SSSR count). The molecule has 4 aromatic rings. The monoisotopic (exact) mass is 444 g/mol. The lowest BCUT2D eigenvalue weighted by Gasteiger charge is -2.01. The Labute approximate surface area is 197 Å². The Morgan fingerprint density at radius 2 is 0.765 bits per heavy atom. The largest absolute Gasteiger partial charge is 0.298 e. The predicted molar refractivity (Wildman–Crippen MR) is 133 cm³/mol. The number of pyridine rings is 4. The van der Waals surface area contributed by atoms with Gasteiger partial charge in [0.05, 0.1) is 22.8 Å². The first-order valence-electron chi connectivity index (χ1n) is 10.5. The quantitative estimate of drug-likeness (QED) is 0.263. The highest BCUT2D eigenvalue weighted by Crippen LogP contribution is 2.18. The number of aldehydes is 2. The van der Waals surface area contributed by atoms with Crippen molar-refractivity contribution in [3.05, 3.63) is 120 Å². The molecule has 0 aromatic carbocycles. The zero-order valence-corrected chi connectivity index (χ0v) is 18.2. The first kappa shape index (κ1) is 22.4. The summed E-state index contributed by atoms with van der Waals surface area (Å²) in [6.07, 6.45) is 19.9. The molecule has 164 valence electrons. The zero-order valence-electron chi connectivity index (χ0n) is 18.2. The van der Waals surface area contributed by atoms with Crippen molar-refractivity contribution in [1.29, 1.82) is 0 Å². The van der Waals surface area contributed by atoms with Crippen LogP contribution in [0.1, 0.15) is 31.8 Å². The van der Waals surface area contributed by atoms with Crippen LogP contribution in [0.4, 0.5) is 0 Å². The molecule has 0 amide bonds. The minimum Gasteiger partial charge on any atom is -0.298 e. The third-order valence-corrected chi connectivity index (χ3v) is 4.84. The zero-order chi connectivity index (χ0) is 23.6. The van der Waals surface area contributed by atoms with Crippen LogP contribution in [0.15, 0.2) is 97.6 Å². The van der Waals surface area contributed by atoms with Gasteiger partial charge in [-0.3, -0.25) is 29.5 Å². The van der Waals surface area contributed by atoms with E-state index >= 15 is 0 Å². The van der Waals surface area contributed by atoms with Gasteiger partial charge in [0.1, 0.15) is 12.6 Å². The Morgan fingerprint density at radius 1 is 0.441 bits per heavy atom. The van der Waals surface area contributed by atoms with Gasteiger partial charge < -0.3 is 0 Å². The standard InChI is InChI=1S/C28H20N4O2/c33-19-23-9-13-31-27(17-23)25-15-21(7-11-29-25)5-3-1-2-4-6-22-8-12-30-26(16-22)28-18-24(20-34)10-14-32-28/h1-20H/b2-1+,5-3+,6-4+. The number of rotatable bonds is 8. The van der Waals surface area contributed by atoms with Gasteiger partial charge in [-0.1, -0.05) is 36.5 Å². The molecule has 0 spiro atoms. The van der Waals surface area contributed by atoms with Gasteiger partial charge in [0.15, 0.2) is 0 Å². The van der Waals surface area contributed by atoms with Gasteiger partial charge in [0.25, 0.3) is 0 Å². The maximum Gasteiger partial charge on any atom is 0.150 e. The minimum atomic E-state index is 0.564. The fourth-order valence-corrected chi connectivity index (χ4v) is 3.16. The lowest BCUT2D eigenvalue weighted by molar-refractivity contribution is 0.111. The van der Waals surface area contributed by atoms with Crippen molar-refractivity contribution in [3.8, 4) is 22.8 Å². The summed E-state index contributed by atoms with van der Waals surface area (Å²) < 4.78 is 0. The summed E-state index contributed by atoms with van der Waals surface area (Å²) in [5, 5.41) is 0. The van der Waals surface area contributed by atoms with Crippen molar-refractivity contribution in [2.75, 3.05) is 0 Å². The van der Waals surface area contributed by atoms with Crippen molar-refractivity contribution >= 4 is 24.7 Å². The molecule has 6 heteroatoms. The van der Waals surface area contributed by atoms with Crippen molar-refractivity contribution in [2.24, 2.45) is 0 Å². The molecule has 4 aromatic heterocycles. The van der Waals surface area contributed by atoms with E-state index in [1.807, 2.05) is 60.7 Å². The highest BCUT2D eigenvalue weighted by atomic mass is 16.1. The van der Waals surface area contributed by atoms with Crippen LogP contribution in [0.3, 0.4) is 0 Å². The average Bonchev–Trinajstić information content (AvgIpc) is 2.91. The molecule has 34 heavy (non-hydrogen) atoms. The van der Waals surface area contributed by atoms with E-state index in [1.165, 1.54) is 0 Å². The Balaban J connectivity index is 1.41. The van der Waals surface area contributed by atoms with Crippen LogP contribution >= 0.6 is 0 Å². The molecule has 0 bridgehead atoms. The van der Waals surface area contributed by atoms with Crippen molar-refractivity contribution in [2.45, 2.75) is 0 Å². The van der Waals surface area contributed by atoms with E-state index in [1.54, 1.807) is 49.1 Å². The molecular weight excluding hydrogens is 424 g/mol. The molecule has 0 fully saturated rings. The molecule has 0 atom stereocenters. The molecule has 0 aliphatic heterocycles. The molecular formula is C28H20N4O2. The van der Waals surface area contributed by atoms with Crippen molar-refractivity contribution in [3.63, 3.8) is 0 Å². The smallest absolute Gasteiger partial charge is 0.150 e. The normalized spacial score (nSPS) is 11.4. The number of hydrogen-bond acceptors (Lipinski definition) is 6. The van der Waals surface area contributed by atoms with Crippen LogP contribution in [0.2, 0.25) is 0 Å². The number of carbonyl (C=O) groups excluding carboxylic acids is 2. The van der Waals surface area contributed by atoms with E-state index in [9.17, 15) is 9.59 Å². The molecule has 0 aliphatic carbocycles. The average molecular weight is 444 g/mol. The van der Waals surface area contributed by atoms with Gasteiger partial charge >= 0.3 is 0 Å². The third-order valence-electron chi connectivity index (χ3n) is 4.84. The lowest BCUT2D eigenvalue weighted by atomic mass is 10.1. The molecule has 0 aliphatic rings. The number of carbonyl (C=O) groups is 2. The van der Waals surface area contributed by atoms with E-state index in [2.05, 4.69) is 19.9 Å². The molecule has 4 heterocycles. The van der Waals surface area contributed by atoms with Gasteiger partial charge in [-0.25, -0.2) is 0 Å². The van der Waals surface area contributed by atoms with Crippen molar-refractivity contribution < 1.29 is 9.59 Å². The second kappa shape index (κ2) is 11.2. The summed E-state index contributed by atoms with van der Waals surface area (Å²) in [7, 11) is 0. The van der Waals surface area contributed by atoms with Crippen LogP contribution in [-0.4, -0.2) is 32.5 Å². The second-order valence-corrected chi connectivity index (χ2v) is 7.24. The summed E-state index contributed by atoms with van der Waals surface area (Å²) in [5.41, 5.74) is 5.80. The second-order valence-electron chi connectivity index (χ2n) is 7.24. The van der Waals surface area contributed by atoms with Crippen molar-refractivity contribution in [1.82, 2.24) is 19.9 Å². The fourth-order valence-electron chi connectivity index (χ4n) is 3.16. The van der Waals surface area contributed by atoms with Gasteiger partial charge in [0, 0.05) is 35.9 Å². The van der Waals surface area contributed by atoms with Gasteiger partial charge in [-0.2, -0.15) is 0 Å². The summed E-state index contributed by atoms with van der Waals surface area (Å²) in [5.74, 6) is 0. The van der Waals surface area contributed by atoms with E-state index < -0.39 is 0 Å². The molecule has 6 nitrogen and oxygen atoms in total. The lowest BCUT2D eigenvalue weighted by Crippen LogP contribution is -1.90. The Hall–Kier alpha value is -4.84. The van der Waals surface area contributed by atoms with E-state index in [0.717, 1.165) is 23.7 Å². The maximum absolute atomic E-state index is 11.0. The summed E-state index contributed by atoms with van der Waals surface area (Å²) >= 11 is 0. The molecule has 0 unspecified atom stereocenters. The molecule has 0 saturated heterocycles. The Kier molecular flexibility index (Phi) is 7.33. The molecule has 0 radical (unpaired) electrons.